The number of aliphatic hydroxyl groups is 2. The topological polar surface area (TPSA) is 49.7 Å². The van der Waals surface area contributed by atoms with Gasteiger partial charge >= 0.3 is 0 Å². The summed E-state index contributed by atoms with van der Waals surface area (Å²) >= 11 is 0. The van der Waals surface area contributed by atoms with Gasteiger partial charge in [0.1, 0.15) is 18.5 Å². The third kappa shape index (κ3) is 4.18. The van der Waals surface area contributed by atoms with E-state index in [-0.39, 0.29) is 13.2 Å². The molecule has 0 amide bonds. The lowest BCUT2D eigenvalue weighted by Crippen LogP contribution is -2.21. The van der Waals surface area contributed by atoms with Crippen molar-refractivity contribution >= 4 is 11.1 Å². The van der Waals surface area contributed by atoms with Crippen molar-refractivity contribution in [3.63, 3.8) is 0 Å². The van der Waals surface area contributed by atoms with Crippen molar-refractivity contribution in [3.8, 4) is 5.75 Å². The second-order valence-electron chi connectivity index (χ2n) is 7.70. The van der Waals surface area contributed by atoms with Gasteiger partial charge in [-0.25, -0.2) is 0 Å². The van der Waals surface area contributed by atoms with Crippen LogP contribution in [0.25, 0.3) is 11.1 Å². The standard InChI is InChI=1S/C27H28O3/c1-2-24-25-11-7-6-8-19(25)12-13-21-16-23(30-18-22(29)17-28)14-15-26(21)27(24)20-9-4-3-5-10-20/h3-11,14-16,22,28-29H,2,12-13,17-18H2,1H3/b27-24-. The molecular weight excluding hydrogens is 372 g/mol. The monoisotopic (exact) mass is 400 g/mol. The van der Waals surface area contributed by atoms with Crippen molar-refractivity contribution in [2.24, 2.45) is 0 Å². The maximum atomic E-state index is 9.62. The quantitative estimate of drug-likeness (QED) is 0.620. The molecule has 0 bridgehead atoms. The molecule has 0 fully saturated rings. The van der Waals surface area contributed by atoms with Crippen LogP contribution in [0.3, 0.4) is 0 Å². The third-order valence-corrected chi connectivity index (χ3v) is 5.72. The molecule has 0 spiro atoms. The van der Waals surface area contributed by atoms with Gasteiger partial charge in [0, 0.05) is 0 Å². The number of aryl methyl sites for hydroxylation is 2. The summed E-state index contributed by atoms with van der Waals surface area (Å²) in [5, 5.41) is 18.7. The van der Waals surface area contributed by atoms with Crippen molar-refractivity contribution in [2.75, 3.05) is 13.2 Å². The van der Waals surface area contributed by atoms with Crippen molar-refractivity contribution < 1.29 is 14.9 Å². The second kappa shape index (κ2) is 9.29. The zero-order chi connectivity index (χ0) is 20.9. The number of ether oxygens (including phenoxy) is 1. The van der Waals surface area contributed by atoms with Gasteiger partial charge in [-0.05, 0) is 70.4 Å². The molecule has 3 aromatic carbocycles. The maximum Gasteiger partial charge on any atom is 0.119 e. The minimum atomic E-state index is -0.870. The number of hydrogen-bond acceptors (Lipinski definition) is 3. The number of fused-ring (bicyclic) bond motifs is 2. The zero-order valence-corrected chi connectivity index (χ0v) is 17.3. The molecular formula is C27H28O3. The van der Waals surface area contributed by atoms with Crippen LogP contribution in [0.15, 0.2) is 72.8 Å². The predicted molar refractivity (Wildman–Crippen MR) is 122 cm³/mol. The van der Waals surface area contributed by atoms with Gasteiger partial charge < -0.3 is 14.9 Å². The molecule has 3 heteroatoms. The van der Waals surface area contributed by atoms with Crippen LogP contribution in [0, 0.1) is 0 Å². The first-order valence-electron chi connectivity index (χ1n) is 10.6. The Morgan fingerprint density at radius 1 is 0.867 bits per heavy atom. The molecule has 0 saturated carbocycles. The highest BCUT2D eigenvalue weighted by molar-refractivity contribution is 6.00. The predicted octanol–water partition coefficient (Wildman–Crippen LogP) is 4.89. The van der Waals surface area contributed by atoms with E-state index in [0.29, 0.717) is 0 Å². The SMILES string of the molecule is CC/C1=C(\c2ccccc2)c2ccc(OCC(O)CO)cc2CCc2ccccc21. The lowest BCUT2D eigenvalue weighted by atomic mass is 9.80. The van der Waals surface area contributed by atoms with Gasteiger partial charge in [-0.3, -0.25) is 0 Å². The van der Waals surface area contributed by atoms with Gasteiger partial charge in [0.15, 0.2) is 0 Å². The highest BCUT2D eigenvalue weighted by Gasteiger charge is 2.21. The number of aliphatic hydroxyl groups excluding tert-OH is 2. The van der Waals surface area contributed by atoms with Crippen LogP contribution in [-0.4, -0.2) is 29.5 Å². The van der Waals surface area contributed by atoms with E-state index in [0.717, 1.165) is 25.0 Å². The molecule has 3 aromatic rings. The average molecular weight is 401 g/mol. The second-order valence-corrected chi connectivity index (χ2v) is 7.70. The van der Waals surface area contributed by atoms with Crippen LogP contribution < -0.4 is 4.74 Å². The maximum absolute atomic E-state index is 9.62. The molecule has 0 heterocycles. The molecule has 30 heavy (non-hydrogen) atoms. The van der Waals surface area contributed by atoms with E-state index >= 15 is 0 Å². The van der Waals surface area contributed by atoms with Gasteiger partial charge in [-0.2, -0.15) is 0 Å². The fraction of sp³-hybridized carbons (Fsp3) is 0.259. The van der Waals surface area contributed by atoms with Gasteiger partial charge in [0.2, 0.25) is 0 Å². The van der Waals surface area contributed by atoms with E-state index < -0.39 is 6.10 Å². The number of benzene rings is 3. The number of allylic oxidation sites excluding steroid dienone is 1. The lowest BCUT2D eigenvalue weighted by Gasteiger charge is -2.24. The minimum Gasteiger partial charge on any atom is -0.491 e. The van der Waals surface area contributed by atoms with Gasteiger partial charge in [-0.1, -0.05) is 67.6 Å². The first kappa shape index (κ1) is 20.4. The van der Waals surface area contributed by atoms with Crippen LogP contribution in [0.2, 0.25) is 0 Å². The molecule has 154 valence electrons. The third-order valence-electron chi connectivity index (χ3n) is 5.72. The molecule has 1 aliphatic rings. The summed E-state index contributed by atoms with van der Waals surface area (Å²) < 4.78 is 5.73. The molecule has 3 nitrogen and oxygen atoms in total. The summed E-state index contributed by atoms with van der Waals surface area (Å²) in [4.78, 5) is 0. The molecule has 0 radical (unpaired) electrons. The first-order chi connectivity index (χ1) is 14.7. The van der Waals surface area contributed by atoms with E-state index in [1.54, 1.807) is 0 Å². The summed E-state index contributed by atoms with van der Waals surface area (Å²) in [6.07, 6.45) is 1.96. The fourth-order valence-electron chi connectivity index (χ4n) is 4.26. The average Bonchev–Trinajstić information content (AvgIpc) is 2.79. The Morgan fingerprint density at radius 2 is 1.60 bits per heavy atom. The van der Waals surface area contributed by atoms with E-state index in [1.165, 1.54) is 39.0 Å². The van der Waals surface area contributed by atoms with Gasteiger partial charge in [0.05, 0.1) is 6.61 Å². The van der Waals surface area contributed by atoms with Crippen LogP contribution >= 0.6 is 0 Å². The highest BCUT2D eigenvalue weighted by Crippen LogP contribution is 2.40. The minimum absolute atomic E-state index is 0.0830. The molecule has 1 aliphatic carbocycles. The van der Waals surface area contributed by atoms with Crippen molar-refractivity contribution in [1.82, 2.24) is 0 Å². The zero-order valence-electron chi connectivity index (χ0n) is 17.3. The van der Waals surface area contributed by atoms with Crippen molar-refractivity contribution in [2.45, 2.75) is 32.3 Å². The smallest absolute Gasteiger partial charge is 0.119 e. The molecule has 0 aromatic heterocycles. The molecule has 0 aliphatic heterocycles. The van der Waals surface area contributed by atoms with Crippen LogP contribution in [0.4, 0.5) is 0 Å². The van der Waals surface area contributed by atoms with Crippen molar-refractivity contribution in [1.29, 1.82) is 0 Å². The Bertz CT molecular complexity index is 1040. The van der Waals surface area contributed by atoms with Crippen LogP contribution in [0.5, 0.6) is 5.75 Å². The normalized spacial score (nSPS) is 16.8. The number of hydrogen-bond donors (Lipinski definition) is 2. The molecule has 1 atom stereocenters. The fourth-order valence-corrected chi connectivity index (χ4v) is 4.26. The Labute approximate surface area is 178 Å². The van der Waals surface area contributed by atoms with Crippen LogP contribution in [0.1, 0.15) is 41.2 Å². The van der Waals surface area contributed by atoms with Gasteiger partial charge in [-0.15, -0.1) is 0 Å². The molecule has 4 rings (SSSR count). The summed E-state index contributed by atoms with van der Waals surface area (Å²) in [6, 6.07) is 25.5. The van der Waals surface area contributed by atoms with Gasteiger partial charge in [0.25, 0.3) is 0 Å². The van der Waals surface area contributed by atoms with E-state index in [4.69, 9.17) is 9.84 Å². The summed E-state index contributed by atoms with van der Waals surface area (Å²) in [5.41, 5.74) is 9.06. The molecule has 1 unspecified atom stereocenters. The molecule has 2 N–H and O–H groups in total. The van der Waals surface area contributed by atoms with E-state index in [1.807, 2.05) is 6.07 Å². The summed E-state index contributed by atoms with van der Waals surface area (Å²) in [7, 11) is 0. The Balaban J connectivity index is 1.88. The van der Waals surface area contributed by atoms with E-state index in [9.17, 15) is 5.11 Å². The van der Waals surface area contributed by atoms with E-state index in [2.05, 4.69) is 73.7 Å². The largest absolute Gasteiger partial charge is 0.491 e. The molecule has 0 saturated heterocycles. The Morgan fingerprint density at radius 3 is 2.37 bits per heavy atom. The van der Waals surface area contributed by atoms with Crippen LogP contribution in [-0.2, 0) is 12.8 Å². The van der Waals surface area contributed by atoms with Crippen molar-refractivity contribution in [3.05, 3.63) is 101 Å². The highest BCUT2D eigenvalue weighted by atomic mass is 16.5. The lowest BCUT2D eigenvalue weighted by molar-refractivity contribution is 0.0536. The Hall–Kier alpha value is -2.88. The summed E-state index contributed by atoms with van der Waals surface area (Å²) in [6.45, 7) is 2.01. The first-order valence-corrected chi connectivity index (χ1v) is 10.6. The summed E-state index contributed by atoms with van der Waals surface area (Å²) in [5.74, 6) is 0.723. The number of rotatable bonds is 6. The Kier molecular flexibility index (Phi) is 6.32.